The van der Waals surface area contributed by atoms with Gasteiger partial charge in [-0.05, 0) is 31.2 Å². The molecule has 2 rings (SSSR count). The van der Waals surface area contributed by atoms with Crippen molar-refractivity contribution >= 4 is 23.1 Å². The van der Waals surface area contributed by atoms with E-state index < -0.39 is 17.9 Å². The summed E-state index contributed by atoms with van der Waals surface area (Å²) >= 11 is 0. The number of benzene rings is 1. The molecular weight excluding hydrogens is 349 g/mol. The van der Waals surface area contributed by atoms with Crippen molar-refractivity contribution in [2.45, 2.75) is 13.1 Å². The Morgan fingerprint density at radius 2 is 1.81 bits per heavy atom. The highest BCUT2D eigenvalue weighted by molar-refractivity contribution is 6.04. The van der Waals surface area contributed by atoms with Crippen molar-refractivity contribution in [3.63, 3.8) is 0 Å². The third-order valence-corrected chi connectivity index (χ3v) is 3.24. The molecule has 1 aromatic carbocycles. The number of allylic oxidation sites excluding steroid dienone is 1. The molecule has 0 radical (unpaired) electrons. The summed E-state index contributed by atoms with van der Waals surface area (Å²) in [6.07, 6.45) is -1.82. The third kappa shape index (κ3) is 4.92. The van der Waals surface area contributed by atoms with E-state index in [1.807, 2.05) is 0 Å². The minimum absolute atomic E-state index is 0.119. The number of esters is 1. The number of hydrogen-bond acceptors (Lipinski definition) is 5. The van der Waals surface area contributed by atoms with Crippen LogP contribution in [0.15, 0.2) is 54.9 Å². The summed E-state index contributed by atoms with van der Waals surface area (Å²) in [6.45, 7) is 1.78. The molecule has 0 aliphatic carbocycles. The van der Waals surface area contributed by atoms with Gasteiger partial charge in [0.05, 0.1) is 17.9 Å². The van der Waals surface area contributed by atoms with E-state index in [2.05, 4.69) is 10.3 Å². The molecule has 0 unspecified atom stereocenters. The second-order valence-corrected chi connectivity index (χ2v) is 5.05. The van der Waals surface area contributed by atoms with E-state index in [0.717, 1.165) is 0 Å². The summed E-state index contributed by atoms with van der Waals surface area (Å²) in [5, 5.41) is 2.72. The minimum Gasteiger partial charge on any atom is -0.462 e. The van der Waals surface area contributed by atoms with Crippen LogP contribution in [0.1, 0.15) is 22.8 Å². The van der Waals surface area contributed by atoms with Gasteiger partial charge in [0.1, 0.15) is 0 Å². The SMILES string of the molecule is CCOC(=O)c1ccccc1N/C(=C\C(=O)C(F)(F)F)c1ccncc1. The highest BCUT2D eigenvalue weighted by Gasteiger charge is 2.37. The fourth-order valence-electron chi connectivity index (χ4n) is 2.06. The van der Waals surface area contributed by atoms with E-state index in [0.29, 0.717) is 11.6 Å². The standard InChI is InChI=1S/C18H15F3N2O3/c1-2-26-17(25)13-5-3-4-6-14(13)23-15(11-16(24)18(19,20)21)12-7-9-22-10-8-12/h3-11,23H,2H2,1H3/b15-11-. The Morgan fingerprint density at radius 1 is 1.15 bits per heavy atom. The zero-order chi connectivity index (χ0) is 19.2. The lowest BCUT2D eigenvalue weighted by atomic mass is 10.1. The molecule has 8 heteroatoms. The number of aromatic nitrogens is 1. The number of alkyl halides is 3. The highest BCUT2D eigenvalue weighted by atomic mass is 19.4. The monoisotopic (exact) mass is 364 g/mol. The van der Waals surface area contributed by atoms with Crippen molar-refractivity contribution in [1.82, 2.24) is 4.98 Å². The highest BCUT2D eigenvalue weighted by Crippen LogP contribution is 2.25. The van der Waals surface area contributed by atoms with Gasteiger partial charge >= 0.3 is 12.1 Å². The van der Waals surface area contributed by atoms with Gasteiger partial charge in [0, 0.05) is 29.7 Å². The molecule has 5 nitrogen and oxygen atoms in total. The molecule has 0 aliphatic heterocycles. The van der Waals surface area contributed by atoms with Gasteiger partial charge in [-0.2, -0.15) is 13.2 Å². The fourth-order valence-corrected chi connectivity index (χ4v) is 2.06. The Labute approximate surface area is 147 Å². The molecule has 0 spiro atoms. The van der Waals surface area contributed by atoms with Crippen LogP contribution in [0.3, 0.4) is 0 Å². The lowest BCUT2D eigenvalue weighted by Gasteiger charge is -2.15. The van der Waals surface area contributed by atoms with E-state index in [4.69, 9.17) is 4.74 Å². The summed E-state index contributed by atoms with van der Waals surface area (Å²) in [6, 6.07) is 9.04. The van der Waals surface area contributed by atoms with Crippen LogP contribution in [0.5, 0.6) is 0 Å². The second-order valence-electron chi connectivity index (χ2n) is 5.05. The third-order valence-electron chi connectivity index (χ3n) is 3.24. The van der Waals surface area contributed by atoms with Crippen LogP contribution >= 0.6 is 0 Å². The van der Waals surface area contributed by atoms with Crippen LogP contribution in [0.2, 0.25) is 0 Å². The van der Waals surface area contributed by atoms with Crippen LogP contribution in [-0.4, -0.2) is 29.5 Å². The first-order chi connectivity index (χ1) is 12.3. The largest absolute Gasteiger partial charge is 0.462 e. The van der Waals surface area contributed by atoms with E-state index in [-0.39, 0.29) is 23.6 Å². The number of hydrogen-bond donors (Lipinski definition) is 1. The molecule has 2 aromatic rings. The predicted octanol–water partition coefficient (Wildman–Crippen LogP) is 3.84. The van der Waals surface area contributed by atoms with Gasteiger partial charge in [-0.25, -0.2) is 4.79 Å². The summed E-state index contributed by atoms with van der Waals surface area (Å²) in [5.41, 5.74) is 0.528. The number of halogens is 3. The van der Waals surface area contributed by atoms with Crippen LogP contribution in [-0.2, 0) is 9.53 Å². The lowest BCUT2D eigenvalue weighted by Crippen LogP contribution is -2.21. The van der Waals surface area contributed by atoms with Gasteiger partial charge in [0.25, 0.3) is 5.78 Å². The number of carbonyl (C=O) groups is 2. The van der Waals surface area contributed by atoms with Gasteiger partial charge < -0.3 is 10.1 Å². The summed E-state index contributed by atoms with van der Waals surface area (Å²) in [5.74, 6) is -2.66. The molecule has 0 amide bonds. The molecule has 1 N–H and O–H groups in total. The summed E-state index contributed by atoms with van der Waals surface area (Å²) in [7, 11) is 0. The fraction of sp³-hybridized carbons (Fsp3) is 0.167. The second kappa shape index (κ2) is 8.28. The predicted molar refractivity (Wildman–Crippen MR) is 89.3 cm³/mol. The van der Waals surface area contributed by atoms with Crippen molar-refractivity contribution < 1.29 is 27.5 Å². The Morgan fingerprint density at radius 3 is 2.42 bits per heavy atom. The molecule has 0 aliphatic rings. The van der Waals surface area contributed by atoms with Gasteiger partial charge in [0.2, 0.25) is 0 Å². The van der Waals surface area contributed by atoms with E-state index in [1.54, 1.807) is 19.1 Å². The van der Waals surface area contributed by atoms with Crippen molar-refractivity contribution in [3.8, 4) is 0 Å². The average molecular weight is 364 g/mol. The summed E-state index contributed by atoms with van der Waals surface area (Å²) < 4.78 is 42.9. The molecule has 136 valence electrons. The lowest BCUT2D eigenvalue weighted by molar-refractivity contribution is -0.165. The number of pyridine rings is 1. The maximum Gasteiger partial charge on any atom is 0.454 e. The molecule has 1 heterocycles. The van der Waals surface area contributed by atoms with Crippen LogP contribution in [0, 0.1) is 0 Å². The number of nitrogens with zero attached hydrogens (tertiary/aromatic N) is 1. The maximum atomic E-state index is 12.7. The summed E-state index contributed by atoms with van der Waals surface area (Å²) in [4.78, 5) is 27.2. The van der Waals surface area contributed by atoms with E-state index >= 15 is 0 Å². The molecule has 0 saturated heterocycles. The van der Waals surface area contributed by atoms with Gasteiger partial charge in [-0.15, -0.1) is 0 Å². The van der Waals surface area contributed by atoms with Crippen molar-refractivity contribution in [3.05, 3.63) is 66.0 Å². The molecule has 0 saturated carbocycles. The number of nitrogens with one attached hydrogen (secondary N) is 1. The van der Waals surface area contributed by atoms with E-state index in [9.17, 15) is 22.8 Å². The van der Waals surface area contributed by atoms with E-state index in [1.165, 1.54) is 36.7 Å². The first-order valence-electron chi connectivity index (χ1n) is 7.59. The van der Waals surface area contributed by atoms with Gasteiger partial charge in [0.15, 0.2) is 0 Å². The number of carbonyl (C=O) groups excluding carboxylic acids is 2. The first-order valence-corrected chi connectivity index (χ1v) is 7.59. The number of rotatable bonds is 6. The Bertz CT molecular complexity index is 818. The molecule has 26 heavy (non-hydrogen) atoms. The topological polar surface area (TPSA) is 68.3 Å². The maximum absolute atomic E-state index is 12.7. The number of ether oxygens (including phenoxy) is 1. The van der Waals surface area contributed by atoms with Crippen molar-refractivity contribution in [2.75, 3.05) is 11.9 Å². The number of para-hydroxylation sites is 1. The molecule has 0 fully saturated rings. The zero-order valence-corrected chi connectivity index (χ0v) is 13.7. The number of ketones is 1. The Hall–Kier alpha value is -3.16. The number of anilines is 1. The average Bonchev–Trinajstić information content (AvgIpc) is 2.61. The smallest absolute Gasteiger partial charge is 0.454 e. The van der Waals surface area contributed by atoms with Crippen molar-refractivity contribution in [1.29, 1.82) is 0 Å². The first kappa shape index (κ1) is 19.2. The van der Waals surface area contributed by atoms with Crippen LogP contribution in [0.25, 0.3) is 5.70 Å². The minimum atomic E-state index is -5.01. The van der Waals surface area contributed by atoms with Crippen molar-refractivity contribution in [2.24, 2.45) is 0 Å². The van der Waals surface area contributed by atoms with Gasteiger partial charge in [-0.1, -0.05) is 12.1 Å². The molecule has 1 aromatic heterocycles. The molecule has 0 atom stereocenters. The Balaban J connectivity index is 2.45. The quantitative estimate of drug-likeness (QED) is 0.623. The zero-order valence-electron chi connectivity index (χ0n) is 13.7. The molecular formula is C18H15F3N2O3. The van der Waals surface area contributed by atoms with Crippen LogP contribution < -0.4 is 5.32 Å². The Kier molecular flexibility index (Phi) is 6.11. The normalized spacial score (nSPS) is 11.8. The van der Waals surface area contributed by atoms with Gasteiger partial charge in [-0.3, -0.25) is 9.78 Å². The molecule has 0 bridgehead atoms. The van der Waals surface area contributed by atoms with Crippen LogP contribution in [0.4, 0.5) is 18.9 Å².